The number of hydrogen-bond donors (Lipinski definition) is 0. The van der Waals surface area contributed by atoms with E-state index in [1.54, 1.807) is 13.2 Å². The molecule has 0 aliphatic carbocycles. The minimum absolute atomic E-state index is 0.0516. The number of nitrogens with zero attached hydrogens (tertiary/aromatic N) is 1. The van der Waals surface area contributed by atoms with Crippen LogP contribution in [-0.2, 0) is 13.2 Å². The van der Waals surface area contributed by atoms with Crippen LogP contribution in [0.1, 0.15) is 121 Å². The van der Waals surface area contributed by atoms with Crippen LogP contribution in [0.15, 0.2) is 41.3 Å². The van der Waals surface area contributed by atoms with Crippen LogP contribution in [0.3, 0.4) is 0 Å². The van der Waals surface area contributed by atoms with Crippen LogP contribution in [0, 0.1) is 6.92 Å². The molecule has 0 atom stereocenters. The summed E-state index contributed by atoms with van der Waals surface area (Å²) in [5, 5.41) is 0. The summed E-state index contributed by atoms with van der Waals surface area (Å²) in [6, 6.07) is 9.37. The highest BCUT2D eigenvalue weighted by Crippen LogP contribution is 2.18. The lowest BCUT2D eigenvalue weighted by molar-refractivity contribution is 0.296. The molecular formula is C32H51NO3. The average Bonchev–Trinajstić information content (AvgIpc) is 2.89. The molecule has 4 nitrogen and oxygen atoms in total. The average molecular weight is 498 g/mol. The van der Waals surface area contributed by atoms with Gasteiger partial charge in [0.05, 0.1) is 12.8 Å². The van der Waals surface area contributed by atoms with Crippen molar-refractivity contribution in [2.75, 3.05) is 7.11 Å². The lowest BCUT2D eigenvalue weighted by atomic mass is 10.0. The van der Waals surface area contributed by atoms with Gasteiger partial charge in [0.25, 0.3) is 0 Å². The maximum Gasteiger partial charge on any atom is 0.223 e. The molecule has 0 radical (unpaired) electrons. The van der Waals surface area contributed by atoms with Crippen LogP contribution >= 0.6 is 0 Å². The lowest BCUT2D eigenvalue weighted by Gasteiger charge is -2.15. The van der Waals surface area contributed by atoms with Crippen molar-refractivity contribution in [1.82, 2.24) is 4.57 Å². The van der Waals surface area contributed by atoms with Gasteiger partial charge in [-0.2, -0.15) is 0 Å². The molecule has 0 aliphatic rings. The molecule has 0 saturated heterocycles. The van der Waals surface area contributed by atoms with Crippen LogP contribution in [-0.4, -0.2) is 11.7 Å². The van der Waals surface area contributed by atoms with Crippen LogP contribution in [0.2, 0.25) is 0 Å². The first-order chi connectivity index (χ1) is 17.7. The lowest BCUT2D eigenvalue weighted by Crippen LogP contribution is -2.15. The van der Waals surface area contributed by atoms with Crippen molar-refractivity contribution in [3.8, 4) is 11.5 Å². The van der Waals surface area contributed by atoms with Gasteiger partial charge in [0.1, 0.15) is 12.4 Å². The number of rotatable bonds is 21. The topological polar surface area (TPSA) is 40.5 Å². The van der Waals surface area contributed by atoms with E-state index in [1.807, 2.05) is 37.4 Å². The molecule has 1 aromatic heterocycles. The Morgan fingerprint density at radius 1 is 0.694 bits per heavy atom. The quantitative estimate of drug-likeness (QED) is 0.162. The summed E-state index contributed by atoms with van der Waals surface area (Å²) < 4.78 is 13.3. The van der Waals surface area contributed by atoms with E-state index in [2.05, 4.69) is 11.5 Å². The van der Waals surface area contributed by atoms with Gasteiger partial charge in [-0.25, -0.2) is 0 Å². The Balaban J connectivity index is 1.54. The number of benzene rings is 1. The SMILES string of the molecule is CCCCCCCCCCCCCCCCCCn1ccc(=O)c(OCc2ccc(OC)cc2)c1C. The summed E-state index contributed by atoms with van der Waals surface area (Å²) >= 11 is 0. The largest absolute Gasteiger partial charge is 0.497 e. The third kappa shape index (κ3) is 12.1. The number of methoxy groups -OCH3 is 1. The molecule has 0 spiro atoms. The molecule has 0 aliphatic heterocycles. The van der Waals surface area contributed by atoms with Crippen molar-refractivity contribution < 1.29 is 9.47 Å². The van der Waals surface area contributed by atoms with E-state index in [0.29, 0.717) is 12.4 Å². The van der Waals surface area contributed by atoms with Gasteiger partial charge in [-0.3, -0.25) is 4.79 Å². The van der Waals surface area contributed by atoms with Gasteiger partial charge in [-0.1, -0.05) is 115 Å². The zero-order valence-corrected chi connectivity index (χ0v) is 23.4. The van der Waals surface area contributed by atoms with Crippen LogP contribution in [0.25, 0.3) is 0 Å². The highest BCUT2D eigenvalue weighted by molar-refractivity contribution is 5.29. The van der Waals surface area contributed by atoms with E-state index in [-0.39, 0.29) is 5.43 Å². The minimum atomic E-state index is -0.0516. The molecule has 4 heteroatoms. The van der Waals surface area contributed by atoms with Crippen molar-refractivity contribution >= 4 is 0 Å². The van der Waals surface area contributed by atoms with Gasteiger partial charge in [0, 0.05) is 18.8 Å². The van der Waals surface area contributed by atoms with Crippen molar-refractivity contribution in [3.63, 3.8) is 0 Å². The molecule has 2 rings (SSSR count). The summed E-state index contributed by atoms with van der Waals surface area (Å²) in [6.07, 6.45) is 23.9. The van der Waals surface area contributed by atoms with E-state index in [1.165, 1.54) is 96.3 Å². The fraction of sp³-hybridized carbons (Fsp3) is 0.656. The Bertz CT molecular complexity index is 872. The molecular weight excluding hydrogens is 446 g/mol. The molecule has 1 heterocycles. The molecule has 202 valence electrons. The number of aromatic nitrogens is 1. The summed E-state index contributed by atoms with van der Waals surface area (Å²) in [4.78, 5) is 12.4. The fourth-order valence-electron chi connectivity index (χ4n) is 4.78. The molecule has 0 amide bonds. The Kier molecular flexibility index (Phi) is 15.8. The molecule has 0 fully saturated rings. The number of ether oxygens (including phenoxy) is 2. The third-order valence-electron chi connectivity index (χ3n) is 7.18. The first-order valence-corrected chi connectivity index (χ1v) is 14.6. The monoisotopic (exact) mass is 497 g/mol. The second-order valence-corrected chi connectivity index (χ2v) is 10.2. The highest BCUT2D eigenvalue weighted by Gasteiger charge is 2.09. The summed E-state index contributed by atoms with van der Waals surface area (Å²) in [7, 11) is 1.65. The van der Waals surface area contributed by atoms with Crippen LogP contribution < -0.4 is 14.9 Å². The number of hydrogen-bond acceptors (Lipinski definition) is 3. The van der Waals surface area contributed by atoms with Crippen molar-refractivity contribution in [2.24, 2.45) is 0 Å². The maximum atomic E-state index is 12.4. The van der Waals surface area contributed by atoms with Gasteiger partial charge in [-0.15, -0.1) is 0 Å². The van der Waals surface area contributed by atoms with Gasteiger partial charge >= 0.3 is 0 Å². The standard InChI is InChI=1S/C32H51NO3/c1-4-5-6-7-8-9-10-11-12-13-14-15-16-17-18-19-25-33-26-24-31(34)32(28(33)2)36-27-29-20-22-30(35-3)23-21-29/h20-24,26H,4-19,25,27H2,1-3H3. The van der Waals surface area contributed by atoms with E-state index >= 15 is 0 Å². The zero-order valence-electron chi connectivity index (χ0n) is 23.4. The highest BCUT2D eigenvalue weighted by atomic mass is 16.5. The van der Waals surface area contributed by atoms with Crippen molar-refractivity contribution in [2.45, 2.75) is 130 Å². The normalized spacial score (nSPS) is 11.1. The molecule has 0 unspecified atom stereocenters. The Labute approximate surface area is 220 Å². The summed E-state index contributed by atoms with van der Waals surface area (Å²) in [5.41, 5.74) is 1.88. The smallest absolute Gasteiger partial charge is 0.223 e. The third-order valence-corrected chi connectivity index (χ3v) is 7.18. The fourth-order valence-corrected chi connectivity index (χ4v) is 4.78. The number of pyridine rings is 1. The first-order valence-electron chi connectivity index (χ1n) is 14.6. The minimum Gasteiger partial charge on any atom is -0.497 e. The number of unbranched alkanes of at least 4 members (excludes halogenated alkanes) is 15. The van der Waals surface area contributed by atoms with E-state index in [9.17, 15) is 4.79 Å². The van der Waals surface area contributed by atoms with Gasteiger partial charge < -0.3 is 14.0 Å². The van der Waals surface area contributed by atoms with Crippen molar-refractivity contribution in [3.05, 3.63) is 58.0 Å². The van der Waals surface area contributed by atoms with Gasteiger partial charge in [-0.05, 0) is 31.0 Å². The second-order valence-electron chi connectivity index (χ2n) is 10.2. The van der Waals surface area contributed by atoms with Crippen molar-refractivity contribution in [1.29, 1.82) is 0 Å². The second kappa shape index (κ2) is 19.0. The summed E-state index contributed by atoms with van der Waals surface area (Å²) in [6.45, 7) is 5.58. The Morgan fingerprint density at radius 3 is 1.69 bits per heavy atom. The molecule has 0 saturated carbocycles. The van der Waals surface area contributed by atoms with Crippen LogP contribution in [0.4, 0.5) is 0 Å². The van der Waals surface area contributed by atoms with E-state index < -0.39 is 0 Å². The van der Waals surface area contributed by atoms with Gasteiger partial charge in [0.2, 0.25) is 5.43 Å². The molecule has 2 aromatic rings. The zero-order chi connectivity index (χ0) is 25.8. The molecule has 0 bridgehead atoms. The molecule has 0 N–H and O–H groups in total. The maximum absolute atomic E-state index is 12.4. The predicted molar refractivity (Wildman–Crippen MR) is 152 cm³/mol. The van der Waals surface area contributed by atoms with E-state index in [4.69, 9.17) is 9.47 Å². The molecule has 1 aromatic carbocycles. The predicted octanol–water partition coefficient (Wildman–Crippen LogP) is 9.01. The molecule has 36 heavy (non-hydrogen) atoms. The van der Waals surface area contributed by atoms with E-state index in [0.717, 1.165) is 30.0 Å². The van der Waals surface area contributed by atoms with Gasteiger partial charge in [0.15, 0.2) is 5.75 Å². The Hall–Kier alpha value is -2.23. The number of aryl methyl sites for hydroxylation is 1. The first kappa shape index (κ1) is 30.0. The summed E-state index contributed by atoms with van der Waals surface area (Å²) in [5.74, 6) is 1.28. The Morgan fingerprint density at radius 2 is 1.19 bits per heavy atom. The van der Waals surface area contributed by atoms with Crippen LogP contribution in [0.5, 0.6) is 11.5 Å².